The number of hydrogen-bond acceptors (Lipinski definition) is 13. The van der Waals surface area contributed by atoms with E-state index in [0.717, 1.165) is 28.2 Å². The third-order valence-electron chi connectivity index (χ3n) is 9.47. The summed E-state index contributed by atoms with van der Waals surface area (Å²) in [7, 11) is 7.48. The molecule has 2 saturated heterocycles. The molecule has 6 N–H and O–H groups in total. The number of rotatable bonds is 9. The van der Waals surface area contributed by atoms with Gasteiger partial charge in [0, 0.05) is 24.0 Å². The molecule has 376 valence electrons. The van der Waals surface area contributed by atoms with Gasteiger partial charge < -0.3 is 45.0 Å². The van der Waals surface area contributed by atoms with Gasteiger partial charge in [0.1, 0.15) is 28.3 Å². The molecule has 70 heavy (non-hydrogen) atoms. The fourth-order valence-electron chi connectivity index (χ4n) is 5.81. The summed E-state index contributed by atoms with van der Waals surface area (Å²) in [6.45, 7) is 12.2. The molecule has 2 fully saturated rings. The highest BCUT2D eigenvalue weighted by atomic mass is 79.9. The van der Waals surface area contributed by atoms with Crippen LogP contribution in [0.5, 0.6) is 17.2 Å². The van der Waals surface area contributed by atoms with Crippen LogP contribution in [-0.2, 0) is 30.9 Å². The van der Waals surface area contributed by atoms with Gasteiger partial charge in [-0.15, -0.1) is 0 Å². The van der Waals surface area contributed by atoms with Gasteiger partial charge in [0.05, 0.1) is 53.2 Å². The number of hydrogen-bond donors (Lipinski definition) is 5. The minimum atomic E-state index is -1.10. The van der Waals surface area contributed by atoms with E-state index < -0.39 is 29.0 Å². The van der Waals surface area contributed by atoms with Crippen LogP contribution in [0.15, 0.2) is 108 Å². The molecular formula is C51H63BrN6O12. The number of ether oxygens (including phenoxy) is 5. The van der Waals surface area contributed by atoms with Gasteiger partial charge in [-0.25, -0.2) is 19.2 Å². The summed E-state index contributed by atoms with van der Waals surface area (Å²) in [6.07, 6.45) is 0. The lowest BCUT2D eigenvalue weighted by Crippen LogP contribution is -2.52. The van der Waals surface area contributed by atoms with Gasteiger partial charge in [0.15, 0.2) is 0 Å². The highest BCUT2D eigenvalue weighted by molar-refractivity contribution is 9.08. The van der Waals surface area contributed by atoms with Crippen molar-refractivity contribution in [1.82, 2.24) is 26.2 Å². The van der Waals surface area contributed by atoms with E-state index in [0.29, 0.717) is 34.3 Å². The Kier molecular flexibility index (Phi) is 28.5. The molecule has 0 bridgehead atoms. The van der Waals surface area contributed by atoms with Crippen molar-refractivity contribution < 1.29 is 57.2 Å². The zero-order valence-electron chi connectivity index (χ0n) is 38.2. The molecule has 0 spiro atoms. The number of amides is 7. The third kappa shape index (κ3) is 18.2. The van der Waals surface area contributed by atoms with Crippen LogP contribution in [0.1, 0.15) is 83.9 Å². The van der Waals surface area contributed by atoms with Crippen LogP contribution in [0.3, 0.4) is 0 Å². The van der Waals surface area contributed by atoms with Crippen molar-refractivity contribution in [3.63, 3.8) is 0 Å². The SMILES string of the molecule is C.C.C.C=C=C=C=C=C=C=C=C.CC1(CN)NC(=O)NC1=O.COC(=O)c1ccc(OC)cc1C.COC(=O)c1ccc(OC)cc1CBr.COc1ccc2c(c1)CN(CC1(C)NC(=O)NC1=O)C2=O. The van der Waals surface area contributed by atoms with E-state index in [1.54, 1.807) is 88.6 Å². The van der Waals surface area contributed by atoms with Crippen molar-refractivity contribution in [3.05, 3.63) is 141 Å². The maximum absolute atomic E-state index is 12.4. The molecule has 3 aromatic carbocycles. The van der Waals surface area contributed by atoms with Gasteiger partial charge in [-0.05, 0) is 134 Å². The van der Waals surface area contributed by atoms with Gasteiger partial charge in [-0.1, -0.05) is 49.7 Å². The normalized spacial score (nSPS) is 15.9. The molecule has 2 unspecified atom stereocenters. The van der Waals surface area contributed by atoms with Crippen LogP contribution in [0.2, 0.25) is 0 Å². The molecule has 3 aliphatic heterocycles. The molecule has 0 saturated carbocycles. The second-order valence-electron chi connectivity index (χ2n) is 14.2. The van der Waals surface area contributed by atoms with Crippen molar-refractivity contribution in [2.24, 2.45) is 5.73 Å². The van der Waals surface area contributed by atoms with E-state index in [9.17, 15) is 33.6 Å². The zero-order valence-corrected chi connectivity index (χ0v) is 39.8. The molecule has 0 radical (unpaired) electrons. The number of halogens is 1. The van der Waals surface area contributed by atoms with Crippen LogP contribution in [-0.4, -0.2) is 106 Å². The van der Waals surface area contributed by atoms with E-state index in [4.69, 9.17) is 19.9 Å². The molecule has 0 aliphatic carbocycles. The Morgan fingerprint density at radius 3 is 1.54 bits per heavy atom. The van der Waals surface area contributed by atoms with Crippen molar-refractivity contribution in [2.45, 2.75) is 66.0 Å². The molecule has 19 heteroatoms. The number of nitrogens with two attached hydrogens (primary N) is 1. The molecular weight excluding hydrogens is 968 g/mol. The largest absolute Gasteiger partial charge is 0.497 e. The highest BCUT2D eigenvalue weighted by Crippen LogP contribution is 2.28. The summed E-state index contributed by atoms with van der Waals surface area (Å²) < 4.78 is 24.5. The van der Waals surface area contributed by atoms with Crippen molar-refractivity contribution in [3.8, 4) is 17.2 Å². The molecule has 6 rings (SSSR count). The fourth-order valence-corrected chi connectivity index (χ4v) is 6.27. The van der Waals surface area contributed by atoms with Crippen LogP contribution < -0.4 is 41.2 Å². The number of imide groups is 2. The topological polar surface area (TPSA) is 243 Å². The summed E-state index contributed by atoms with van der Waals surface area (Å²) in [5.41, 5.74) is 24.5. The second kappa shape index (κ2) is 31.1. The molecule has 7 amide bonds. The van der Waals surface area contributed by atoms with Crippen LogP contribution >= 0.6 is 15.9 Å². The first-order valence-corrected chi connectivity index (χ1v) is 20.7. The average molecular weight is 1030 g/mol. The smallest absolute Gasteiger partial charge is 0.338 e. The summed E-state index contributed by atoms with van der Waals surface area (Å²) in [5, 5.41) is 9.83. The Bertz CT molecular complexity index is 2610. The Morgan fingerprint density at radius 1 is 0.686 bits per heavy atom. The quantitative estimate of drug-likeness (QED) is 0.0645. The number of alkyl halides is 1. The lowest BCUT2D eigenvalue weighted by molar-refractivity contribution is -0.124. The molecule has 0 aromatic heterocycles. The number of esters is 2. The van der Waals surface area contributed by atoms with Crippen molar-refractivity contribution >= 4 is 57.7 Å². The van der Waals surface area contributed by atoms with E-state index in [1.165, 1.54) is 14.2 Å². The number of benzene rings is 3. The second-order valence-corrected chi connectivity index (χ2v) is 14.7. The number of carbonyl (C=O) groups is 7. The molecule has 2 atom stereocenters. The van der Waals surface area contributed by atoms with E-state index in [1.807, 2.05) is 13.0 Å². The van der Waals surface area contributed by atoms with Crippen LogP contribution in [0.25, 0.3) is 0 Å². The first-order chi connectivity index (χ1) is 31.8. The minimum absolute atomic E-state index is 0. The predicted molar refractivity (Wildman–Crippen MR) is 269 cm³/mol. The number of fused-ring (bicyclic) bond motifs is 1. The van der Waals surface area contributed by atoms with Crippen LogP contribution in [0.4, 0.5) is 9.59 Å². The van der Waals surface area contributed by atoms with Crippen molar-refractivity contribution in [1.29, 1.82) is 0 Å². The Balaban J connectivity index is 0. The number of carbonyl (C=O) groups excluding carboxylic acids is 7. The van der Waals surface area contributed by atoms with Crippen LogP contribution in [0, 0.1) is 6.92 Å². The van der Waals surface area contributed by atoms with Gasteiger partial charge in [0.25, 0.3) is 17.7 Å². The lowest BCUT2D eigenvalue weighted by atomic mass is 10.0. The number of urea groups is 2. The summed E-state index contributed by atoms with van der Waals surface area (Å²) in [5.74, 6) is 0.567. The molecule has 3 aromatic rings. The first-order valence-electron chi connectivity index (χ1n) is 19.6. The van der Waals surface area contributed by atoms with Gasteiger partial charge in [-0.3, -0.25) is 25.0 Å². The number of nitrogens with one attached hydrogen (secondary N) is 4. The maximum atomic E-state index is 12.4. The number of aryl methyl sites for hydroxylation is 1. The third-order valence-corrected chi connectivity index (χ3v) is 10.1. The Hall–Kier alpha value is -8.01. The first kappa shape index (κ1) is 64.1. The summed E-state index contributed by atoms with van der Waals surface area (Å²) in [6, 6.07) is 14.7. The number of nitrogens with zero attached hydrogens (tertiary/aromatic N) is 1. The molecule has 18 nitrogen and oxygen atoms in total. The highest BCUT2D eigenvalue weighted by Gasteiger charge is 2.45. The van der Waals surface area contributed by atoms with E-state index in [2.05, 4.69) is 99.9 Å². The fraction of sp³-hybridized carbons (Fsp3) is 0.333. The average Bonchev–Trinajstić information content (AvgIpc) is 3.89. The minimum Gasteiger partial charge on any atom is -0.497 e. The Labute approximate surface area is 418 Å². The Morgan fingerprint density at radius 2 is 1.13 bits per heavy atom. The summed E-state index contributed by atoms with van der Waals surface area (Å²) >= 11 is 3.31. The molecule has 3 heterocycles. The van der Waals surface area contributed by atoms with Gasteiger partial charge in [0.2, 0.25) is 0 Å². The zero-order chi connectivity index (χ0) is 50.3. The van der Waals surface area contributed by atoms with Gasteiger partial charge >= 0.3 is 24.0 Å². The monoisotopic (exact) mass is 1030 g/mol. The van der Waals surface area contributed by atoms with Gasteiger partial charge in [-0.2, -0.15) is 0 Å². The predicted octanol–water partition coefficient (Wildman–Crippen LogP) is 6.76. The van der Waals surface area contributed by atoms with Crippen molar-refractivity contribution in [2.75, 3.05) is 48.6 Å². The summed E-state index contributed by atoms with van der Waals surface area (Å²) in [4.78, 5) is 80.9. The lowest BCUT2D eigenvalue weighted by Gasteiger charge is -2.26. The molecule has 3 aliphatic rings. The van der Waals surface area contributed by atoms with E-state index >= 15 is 0 Å². The number of methoxy groups -OCH3 is 5. The standard InChI is InChI=1S/C14H15N3O4.C10H11BrO3.C10H12O3.C9H4.C5H9N3O2.3CH4/c1-14(12(19)15-13(20)16-14)7-17-6-8-5-9(21-2)3-4-10(8)11(17)18;1-13-8-3-4-9(10(12)14-2)7(5-8)6-11;1-7-6-8(12-2)4-5-9(7)10(11)13-3;1-3-5-7-9-8-6-4-2;1-5(2-6)3(9)7-4(10)8-5;;;/h3-5H,6-7H2,1-2H3,(H2,15,16,19,20);3-5H,6H2,1-2H3;4-6H,1-3H3;1-2H2;2,6H2,1H3,(H2,7,8,9,10);3*1H4. The maximum Gasteiger partial charge on any atom is 0.338 e. The van der Waals surface area contributed by atoms with E-state index in [-0.39, 0.29) is 59.1 Å².